The number of hydrogen-bond acceptors (Lipinski definition) is 4. The molecule has 0 aliphatic rings. The van der Waals surface area contributed by atoms with Gasteiger partial charge in [0, 0.05) is 12.1 Å². The Kier molecular flexibility index (Phi) is 5.47. The summed E-state index contributed by atoms with van der Waals surface area (Å²) in [4.78, 5) is 22.5. The molecule has 0 fully saturated rings. The number of carbonyl (C=O) groups excluding carboxylic acids is 1. The zero-order chi connectivity index (χ0) is 17.7. The van der Waals surface area contributed by atoms with Crippen molar-refractivity contribution < 1.29 is 18.8 Å². The lowest BCUT2D eigenvalue weighted by Crippen LogP contribution is -2.37. The highest BCUT2D eigenvalue weighted by Gasteiger charge is 2.23. The molecule has 0 aliphatic carbocycles. The van der Waals surface area contributed by atoms with E-state index in [-0.39, 0.29) is 11.8 Å². The molecule has 2 aromatic rings. The number of ether oxygens (including phenoxy) is 1. The molecule has 0 saturated carbocycles. The second-order valence-electron chi connectivity index (χ2n) is 5.27. The SMILES string of the molecule is CC(Oc1cc(F)ccc1[N+](=O)[O-])C(=O)NC(C)c1ccccc1. The smallest absolute Gasteiger partial charge is 0.311 e. The summed E-state index contributed by atoms with van der Waals surface area (Å²) in [6, 6.07) is 11.9. The molecule has 2 atom stereocenters. The molecule has 0 spiro atoms. The topological polar surface area (TPSA) is 81.5 Å². The number of nitrogens with zero attached hydrogens (tertiary/aromatic N) is 1. The van der Waals surface area contributed by atoms with Crippen molar-refractivity contribution in [2.75, 3.05) is 0 Å². The van der Waals surface area contributed by atoms with Crippen LogP contribution in [-0.2, 0) is 4.79 Å². The van der Waals surface area contributed by atoms with Crippen LogP contribution in [0.3, 0.4) is 0 Å². The fourth-order valence-corrected chi connectivity index (χ4v) is 2.13. The molecule has 2 unspecified atom stereocenters. The summed E-state index contributed by atoms with van der Waals surface area (Å²) < 4.78 is 18.6. The maximum Gasteiger partial charge on any atom is 0.311 e. The largest absolute Gasteiger partial charge is 0.474 e. The fourth-order valence-electron chi connectivity index (χ4n) is 2.13. The average Bonchev–Trinajstić information content (AvgIpc) is 2.55. The van der Waals surface area contributed by atoms with Crippen LogP contribution < -0.4 is 10.1 Å². The highest BCUT2D eigenvalue weighted by atomic mass is 19.1. The van der Waals surface area contributed by atoms with Crippen molar-refractivity contribution in [1.29, 1.82) is 0 Å². The summed E-state index contributed by atoms with van der Waals surface area (Å²) in [6.07, 6.45) is -1.02. The number of rotatable bonds is 6. The van der Waals surface area contributed by atoms with Gasteiger partial charge in [0.2, 0.25) is 5.75 Å². The number of hydrogen-bond donors (Lipinski definition) is 1. The first-order valence-electron chi connectivity index (χ1n) is 7.34. The number of benzene rings is 2. The summed E-state index contributed by atoms with van der Waals surface area (Å²) in [6.45, 7) is 3.26. The summed E-state index contributed by atoms with van der Waals surface area (Å²) in [5, 5.41) is 13.7. The van der Waals surface area contributed by atoms with Crippen molar-refractivity contribution in [1.82, 2.24) is 5.32 Å². The second kappa shape index (κ2) is 7.54. The Bertz CT molecular complexity index is 737. The lowest BCUT2D eigenvalue weighted by Gasteiger charge is -2.19. The summed E-state index contributed by atoms with van der Waals surface area (Å²) in [5.74, 6) is -1.42. The second-order valence-corrected chi connectivity index (χ2v) is 5.27. The Labute approximate surface area is 138 Å². The van der Waals surface area contributed by atoms with Gasteiger partial charge in [-0.25, -0.2) is 4.39 Å². The third-order valence-electron chi connectivity index (χ3n) is 3.45. The minimum atomic E-state index is -1.02. The van der Waals surface area contributed by atoms with E-state index >= 15 is 0 Å². The quantitative estimate of drug-likeness (QED) is 0.649. The molecule has 24 heavy (non-hydrogen) atoms. The Hall–Kier alpha value is -2.96. The van der Waals surface area contributed by atoms with E-state index in [1.54, 1.807) is 0 Å². The molecule has 0 saturated heterocycles. The third kappa shape index (κ3) is 4.28. The Balaban J connectivity index is 2.07. The lowest BCUT2D eigenvalue weighted by atomic mass is 10.1. The first-order valence-corrected chi connectivity index (χ1v) is 7.34. The van der Waals surface area contributed by atoms with Crippen molar-refractivity contribution in [3.8, 4) is 5.75 Å². The van der Waals surface area contributed by atoms with Crippen LogP contribution in [-0.4, -0.2) is 16.9 Å². The fraction of sp³-hybridized carbons (Fsp3) is 0.235. The molecule has 1 N–H and O–H groups in total. The van der Waals surface area contributed by atoms with Crippen LogP contribution in [0.4, 0.5) is 10.1 Å². The summed E-state index contributed by atoms with van der Waals surface area (Å²) in [5.41, 5.74) is 0.516. The highest BCUT2D eigenvalue weighted by molar-refractivity contribution is 5.81. The number of carbonyl (C=O) groups is 1. The van der Waals surface area contributed by atoms with E-state index in [2.05, 4.69) is 5.32 Å². The van der Waals surface area contributed by atoms with Gasteiger partial charge in [0.1, 0.15) is 5.82 Å². The van der Waals surface area contributed by atoms with E-state index in [1.807, 2.05) is 37.3 Å². The van der Waals surface area contributed by atoms with Gasteiger partial charge >= 0.3 is 5.69 Å². The maximum absolute atomic E-state index is 13.3. The number of halogens is 1. The van der Waals surface area contributed by atoms with Crippen molar-refractivity contribution >= 4 is 11.6 Å². The van der Waals surface area contributed by atoms with Gasteiger partial charge in [-0.2, -0.15) is 0 Å². The van der Waals surface area contributed by atoms with Crippen LogP contribution in [0.15, 0.2) is 48.5 Å². The first kappa shape index (κ1) is 17.4. The van der Waals surface area contributed by atoms with E-state index in [1.165, 1.54) is 6.92 Å². The van der Waals surface area contributed by atoms with E-state index < -0.39 is 28.4 Å². The standard InChI is InChI=1S/C17H17FN2O4/c1-11(13-6-4-3-5-7-13)19-17(21)12(2)24-16-10-14(18)8-9-15(16)20(22)23/h3-12H,1-2H3,(H,19,21). The Morgan fingerprint density at radius 2 is 1.88 bits per heavy atom. The lowest BCUT2D eigenvalue weighted by molar-refractivity contribution is -0.386. The molecule has 126 valence electrons. The Morgan fingerprint density at radius 3 is 2.50 bits per heavy atom. The van der Waals surface area contributed by atoms with E-state index in [9.17, 15) is 19.3 Å². The van der Waals surface area contributed by atoms with Crippen LogP contribution >= 0.6 is 0 Å². The van der Waals surface area contributed by atoms with Crippen molar-refractivity contribution in [3.05, 3.63) is 70.0 Å². The molecule has 0 aromatic heterocycles. The Morgan fingerprint density at radius 1 is 1.21 bits per heavy atom. The van der Waals surface area contributed by atoms with Crippen molar-refractivity contribution in [2.24, 2.45) is 0 Å². The van der Waals surface area contributed by atoms with Crippen LogP contribution in [0.5, 0.6) is 5.75 Å². The summed E-state index contributed by atoms with van der Waals surface area (Å²) >= 11 is 0. The highest BCUT2D eigenvalue weighted by Crippen LogP contribution is 2.28. The van der Waals surface area contributed by atoms with Gasteiger partial charge in [-0.05, 0) is 25.5 Å². The van der Waals surface area contributed by atoms with Gasteiger partial charge in [-0.3, -0.25) is 14.9 Å². The number of nitro benzene ring substituents is 1. The predicted octanol–water partition coefficient (Wildman–Crippen LogP) is 3.38. The number of amides is 1. The van der Waals surface area contributed by atoms with Crippen LogP contribution in [0.25, 0.3) is 0 Å². The van der Waals surface area contributed by atoms with Gasteiger partial charge in [-0.15, -0.1) is 0 Å². The molecule has 0 radical (unpaired) electrons. The molecule has 6 nitrogen and oxygen atoms in total. The van der Waals surface area contributed by atoms with Crippen molar-refractivity contribution in [2.45, 2.75) is 26.0 Å². The molecule has 0 bridgehead atoms. The first-order chi connectivity index (χ1) is 11.4. The molecule has 0 heterocycles. The molecule has 2 aromatic carbocycles. The van der Waals surface area contributed by atoms with Crippen LogP contribution in [0.1, 0.15) is 25.5 Å². The predicted molar refractivity (Wildman–Crippen MR) is 86.1 cm³/mol. The van der Waals surface area contributed by atoms with Gasteiger partial charge in [0.15, 0.2) is 6.10 Å². The minimum Gasteiger partial charge on any atom is -0.474 e. The normalized spacial score (nSPS) is 13.0. The van der Waals surface area contributed by atoms with Gasteiger partial charge < -0.3 is 10.1 Å². The molecular weight excluding hydrogens is 315 g/mol. The van der Waals surface area contributed by atoms with Gasteiger partial charge in [0.05, 0.1) is 11.0 Å². The monoisotopic (exact) mass is 332 g/mol. The zero-order valence-corrected chi connectivity index (χ0v) is 13.2. The minimum absolute atomic E-state index is 0.257. The summed E-state index contributed by atoms with van der Waals surface area (Å²) in [7, 11) is 0. The van der Waals surface area contributed by atoms with E-state index in [0.717, 1.165) is 23.8 Å². The number of nitrogens with one attached hydrogen (secondary N) is 1. The van der Waals surface area contributed by atoms with Gasteiger partial charge in [0.25, 0.3) is 5.91 Å². The van der Waals surface area contributed by atoms with Gasteiger partial charge in [-0.1, -0.05) is 30.3 Å². The average molecular weight is 332 g/mol. The third-order valence-corrected chi connectivity index (χ3v) is 3.45. The molecule has 0 aliphatic heterocycles. The van der Waals surface area contributed by atoms with E-state index in [0.29, 0.717) is 0 Å². The zero-order valence-electron chi connectivity index (χ0n) is 13.2. The molecule has 7 heteroatoms. The molecular formula is C17H17FN2O4. The molecule has 1 amide bonds. The van der Waals surface area contributed by atoms with Crippen molar-refractivity contribution in [3.63, 3.8) is 0 Å². The van der Waals surface area contributed by atoms with Crippen LogP contribution in [0.2, 0.25) is 0 Å². The number of nitro groups is 1. The van der Waals surface area contributed by atoms with Crippen LogP contribution in [0, 0.1) is 15.9 Å². The maximum atomic E-state index is 13.3. The molecule has 2 rings (SSSR count). The van der Waals surface area contributed by atoms with E-state index in [4.69, 9.17) is 4.74 Å².